The van der Waals surface area contributed by atoms with Gasteiger partial charge in [0.1, 0.15) is 5.83 Å². The van der Waals surface area contributed by atoms with Gasteiger partial charge >= 0.3 is 0 Å². The molecule has 0 saturated heterocycles. The number of hydrogen-bond donors (Lipinski definition) is 2. The van der Waals surface area contributed by atoms with Gasteiger partial charge < -0.3 is 10.6 Å². The molecule has 0 radical (unpaired) electrons. The first kappa shape index (κ1) is 17.1. The number of hydrogen-bond acceptors (Lipinski definition) is 2. The summed E-state index contributed by atoms with van der Waals surface area (Å²) in [6.45, 7) is 3.94. The van der Waals surface area contributed by atoms with Crippen LogP contribution in [-0.2, 0) is 9.59 Å². The molecule has 2 amide bonds. The van der Waals surface area contributed by atoms with Crippen molar-refractivity contribution in [3.05, 3.63) is 65.2 Å². The van der Waals surface area contributed by atoms with Crippen molar-refractivity contribution in [1.82, 2.24) is 5.32 Å². The minimum atomic E-state index is -0.276. The molecule has 0 aromatic heterocycles. The number of benzene rings is 1. The van der Waals surface area contributed by atoms with Crippen molar-refractivity contribution in [2.24, 2.45) is 11.8 Å². The quantitative estimate of drug-likeness (QED) is 0.882. The minimum Gasteiger partial charge on any atom is -0.332 e. The predicted molar refractivity (Wildman–Crippen MR) is 95.3 cm³/mol. The largest absolute Gasteiger partial charge is 0.332 e. The number of aryl methyl sites for hydroxylation is 1. The lowest BCUT2D eigenvalue weighted by atomic mass is 9.78. The molecular weight excluding hydrogens is 319 g/mol. The first-order valence-electron chi connectivity index (χ1n) is 8.36. The molecular formula is C20H21FN2O2. The molecule has 0 spiro atoms. The third-order valence-electron chi connectivity index (χ3n) is 4.91. The Morgan fingerprint density at radius 2 is 2.12 bits per heavy atom. The summed E-state index contributed by atoms with van der Waals surface area (Å²) in [5, 5.41) is 5.57. The molecule has 130 valence electrons. The molecule has 2 aliphatic rings. The second-order valence-electron chi connectivity index (χ2n) is 6.53. The zero-order chi connectivity index (χ0) is 18.0. The summed E-state index contributed by atoms with van der Waals surface area (Å²) in [5.74, 6) is -0.971. The fourth-order valence-corrected chi connectivity index (χ4v) is 3.24. The highest BCUT2D eigenvalue weighted by Gasteiger charge is 2.33. The van der Waals surface area contributed by atoms with E-state index in [0.29, 0.717) is 12.0 Å². The highest BCUT2D eigenvalue weighted by molar-refractivity contribution is 6.06. The van der Waals surface area contributed by atoms with Gasteiger partial charge in [0.05, 0.1) is 0 Å². The van der Waals surface area contributed by atoms with Crippen LogP contribution in [0.25, 0.3) is 0 Å². The Bertz CT molecular complexity index is 808. The highest BCUT2D eigenvalue weighted by Crippen LogP contribution is 2.34. The lowest BCUT2D eigenvalue weighted by molar-refractivity contribution is -0.122. The first-order valence-corrected chi connectivity index (χ1v) is 8.36. The molecule has 0 fully saturated rings. The van der Waals surface area contributed by atoms with Gasteiger partial charge in [0.25, 0.3) is 5.91 Å². The fourth-order valence-electron chi connectivity index (χ4n) is 3.24. The maximum atomic E-state index is 13.2. The second-order valence-corrected chi connectivity index (χ2v) is 6.53. The first-order chi connectivity index (χ1) is 12.0. The fraction of sp³-hybridized carbons (Fsp3) is 0.300. The molecule has 4 nitrogen and oxygen atoms in total. The number of halogens is 1. The molecule has 1 heterocycles. The Labute approximate surface area is 146 Å². The average Bonchev–Trinajstić information content (AvgIpc) is 2.59. The Hall–Kier alpha value is -2.69. The van der Waals surface area contributed by atoms with E-state index in [-0.39, 0.29) is 35.9 Å². The van der Waals surface area contributed by atoms with E-state index in [1.165, 1.54) is 18.4 Å². The van der Waals surface area contributed by atoms with Crippen molar-refractivity contribution >= 4 is 17.5 Å². The highest BCUT2D eigenvalue weighted by atomic mass is 19.1. The van der Waals surface area contributed by atoms with Crippen LogP contribution in [0.5, 0.6) is 0 Å². The summed E-state index contributed by atoms with van der Waals surface area (Å²) in [6.07, 6.45) is 6.83. The van der Waals surface area contributed by atoms with Crippen LogP contribution in [0.4, 0.5) is 10.1 Å². The summed E-state index contributed by atoms with van der Waals surface area (Å²) >= 11 is 0. The number of carbonyl (C=O) groups is 2. The SMILES string of the molecule is Cc1cccc(NC(=O)C2=CNC(=O)C[C@@H]2C2C=CC(F)=CC2)c1C. The standard InChI is InChI=1S/C20H21FN2O2/c1-12-4-3-5-18(13(12)2)23-20(25)17-11-22-19(24)10-16(17)14-6-8-15(21)9-7-14/h3-6,8-9,11,14,16H,7,10H2,1-2H3,(H,22,24)(H,23,25)/t14?,16-/m1/s1. The van der Waals surface area contributed by atoms with Gasteiger partial charge in [-0.3, -0.25) is 9.59 Å². The number of nitrogens with one attached hydrogen (secondary N) is 2. The van der Waals surface area contributed by atoms with Crippen LogP contribution in [0.3, 0.4) is 0 Å². The van der Waals surface area contributed by atoms with E-state index in [2.05, 4.69) is 10.6 Å². The van der Waals surface area contributed by atoms with Gasteiger partial charge in [-0.05, 0) is 55.5 Å². The van der Waals surface area contributed by atoms with Crippen molar-refractivity contribution in [2.45, 2.75) is 26.7 Å². The summed E-state index contributed by atoms with van der Waals surface area (Å²) in [7, 11) is 0. The van der Waals surface area contributed by atoms with E-state index < -0.39 is 0 Å². The molecule has 1 aliphatic carbocycles. The summed E-state index contributed by atoms with van der Waals surface area (Å²) < 4.78 is 13.2. The van der Waals surface area contributed by atoms with Crippen LogP contribution in [-0.4, -0.2) is 11.8 Å². The predicted octanol–water partition coefficient (Wildman–Crippen LogP) is 3.69. The number of anilines is 1. The van der Waals surface area contributed by atoms with Crippen molar-refractivity contribution in [3.63, 3.8) is 0 Å². The number of amides is 2. The molecule has 5 heteroatoms. The van der Waals surface area contributed by atoms with Crippen LogP contribution < -0.4 is 10.6 Å². The van der Waals surface area contributed by atoms with Crippen LogP contribution in [0, 0.1) is 25.7 Å². The van der Waals surface area contributed by atoms with Gasteiger partial charge in [0.15, 0.2) is 0 Å². The minimum absolute atomic E-state index is 0.0684. The average molecular weight is 340 g/mol. The maximum Gasteiger partial charge on any atom is 0.253 e. The number of rotatable bonds is 3. The number of allylic oxidation sites excluding steroid dienone is 4. The Balaban J connectivity index is 1.82. The van der Waals surface area contributed by atoms with Gasteiger partial charge in [-0.1, -0.05) is 18.2 Å². The number of carbonyl (C=O) groups excluding carboxylic acids is 2. The van der Waals surface area contributed by atoms with Crippen LogP contribution in [0.1, 0.15) is 24.0 Å². The molecule has 1 aromatic carbocycles. The summed E-state index contributed by atoms with van der Waals surface area (Å²) in [4.78, 5) is 24.6. The molecule has 0 bridgehead atoms. The van der Waals surface area contributed by atoms with Gasteiger partial charge in [0, 0.05) is 29.8 Å². The zero-order valence-corrected chi connectivity index (χ0v) is 14.3. The van der Waals surface area contributed by atoms with Crippen LogP contribution in [0.2, 0.25) is 0 Å². The molecule has 0 saturated carbocycles. The van der Waals surface area contributed by atoms with Crippen molar-refractivity contribution in [2.75, 3.05) is 5.32 Å². The van der Waals surface area contributed by atoms with Gasteiger partial charge in [-0.2, -0.15) is 0 Å². The van der Waals surface area contributed by atoms with Crippen molar-refractivity contribution in [1.29, 1.82) is 0 Å². The maximum absolute atomic E-state index is 13.2. The van der Waals surface area contributed by atoms with Gasteiger partial charge in [0.2, 0.25) is 5.91 Å². The van der Waals surface area contributed by atoms with Gasteiger partial charge in [-0.25, -0.2) is 4.39 Å². The van der Waals surface area contributed by atoms with E-state index in [0.717, 1.165) is 16.8 Å². The van der Waals surface area contributed by atoms with E-state index in [1.807, 2.05) is 32.0 Å². The summed E-state index contributed by atoms with van der Waals surface area (Å²) in [6, 6.07) is 5.74. The van der Waals surface area contributed by atoms with Crippen molar-refractivity contribution in [3.8, 4) is 0 Å². The molecule has 25 heavy (non-hydrogen) atoms. The molecule has 2 N–H and O–H groups in total. The van der Waals surface area contributed by atoms with E-state index in [1.54, 1.807) is 6.08 Å². The topological polar surface area (TPSA) is 58.2 Å². The van der Waals surface area contributed by atoms with Crippen LogP contribution in [0.15, 0.2) is 54.0 Å². The smallest absolute Gasteiger partial charge is 0.253 e. The second kappa shape index (κ2) is 7.05. The third-order valence-corrected chi connectivity index (χ3v) is 4.91. The Morgan fingerprint density at radius 1 is 1.32 bits per heavy atom. The van der Waals surface area contributed by atoms with Crippen molar-refractivity contribution < 1.29 is 14.0 Å². The van der Waals surface area contributed by atoms with E-state index in [9.17, 15) is 14.0 Å². The lowest BCUT2D eigenvalue weighted by Gasteiger charge is -2.29. The van der Waals surface area contributed by atoms with E-state index in [4.69, 9.17) is 0 Å². The van der Waals surface area contributed by atoms with E-state index >= 15 is 0 Å². The Kier molecular flexibility index (Phi) is 4.83. The van der Waals surface area contributed by atoms with Crippen LogP contribution >= 0.6 is 0 Å². The molecule has 3 rings (SSSR count). The third kappa shape index (κ3) is 3.71. The molecule has 1 aromatic rings. The summed E-state index contributed by atoms with van der Waals surface area (Å²) in [5.41, 5.74) is 3.38. The normalized spacial score (nSPS) is 22.8. The monoisotopic (exact) mass is 340 g/mol. The molecule has 1 aliphatic heterocycles. The Morgan fingerprint density at radius 3 is 2.84 bits per heavy atom. The molecule has 2 atom stereocenters. The zero-order valence-electron chi connectivity index (χ0n) is 14.3. The molecule has 1 unspecified atom stereocenters. The van der Waals surface area contributed by atoms with Gasteiger partial charge in [-0.15, -0.1) is 0 Å². The lowest BCUT2D eigenvalue weighted by Crippen LogP contribution is -2.36.